The lowest BCUT2D eigenvalue weighted by atomic mass is 10.0. The molecule has 2 rings (SSSR count). The Balaban J connectivity index is 2.34. The van der Waals surface area contributed by atoms with Crippen molar-refractivity contribution in [3.05, 3.63) is 48.5 Å². The zero-order valence-corrected chi connectivity index (χ0v) is 11.1. The van der Waals surface area contributed by atoms with Crippen molar-refractivity contribution in [2.24, 2.45) is 0 Å². The summed E-state index contributed by atoms with van der Waals surface area (Å²) in [6.07, 6.45) is 0.370. The number of esters is 1. The first-order valence-electron chi connectivity index (χ1n) is 6.32. The van der Waals surface area contributed by atoms with Crippen LogP contribution in [0.4, 0.5) is 5.69 Å². The van der Waals surface area contributed by atoms with Crippen LogP contribution >= 0.6 is 0 Å². The maximum atomic E-state index is 11.3. The summed E-state index contributed by atoms with van der Waals surface area (Å²) in [5, 5.41) is 3.13. The van der Waals surface area contributed by atoms with Gasteiger partial charge in [-0.1, -0.05) is 37.3 Å². The van der Waals surface area contributed by atoms with Crippen LogP contribution < -0.4 is 10.1 Å². The minimum Gasteiger partial charge on any atom is -0.426 e. The third-order valence-electron chi connectivity index (χ3n) is 2.87. The van der Waals surface area contributed by atoms with E-state index in [0.29, 0.717) is 12.2 Å². The topological polar surface area (TPSA) is 38.3 Å². The van der Waals surface area contributed by atoms with Gasteiger partial charge in [-0.3, -0.25) is 4.79 Å². The van der Waals surface area contributed by atoms with Crippen LogP contribution in [0.3, 0.4) is 0 Å². The van der Waals surface area contributed by atoms with Crippen LogP contribution in [0.15, 0.2) is 48.5 Å². The van der Waals surface area contributed by atoms with E-state index >= 15 is 0 Å². The fraction of sp³-hybridized carbons (Fsp3) is 0.188. The van der Waals surface area contributed by atoms with Gasteiger partial charge in [-0.25, -0.2) is 0 Å². The van der Waals surface area contributed by atoms with E-state index in [9.17, 15) is 4.79 Å². The fourth-order valence-electron chi connectivity index (χ4n) is 1.87. The first kappa shape index (κ1) is 13.1. The Hall–Kier alpha value is -2.29. The Morgan fingerprint density at radius 3 is 2.53 bits per heavy atom. The normalized spacial score (nSPS) is 10.0. The van der Waals surface area contributed by atoms with Crippen molar-refractivity contribution < 1.29 is 9.53 Å². The molecular formula is C16H17NO2. The number of benzene rings is 2. The molecule has 0 aliphatic carbocycles. The molecule has 0 saturated carbocycles. The van der Waals surface area contributed by atoms with Crippen LogP contribution in [-0.2, 0) is 4.79 Å². The molecule has 0 saturated heterocycles. The molecule has 0 spiro atoms. The summed E-state index contributed by atoms with van der Waals surface area (Å²) in [4.78, 5) is 11.3. The Kier molecular flexibility index (Phi) is 4.18. The molecule has 0 aromatic heterocycles. The molecule has 0 heterocycles. The SMILES string of the molecule is CCC(=O)Oc1ccc(-c2ccccc2)c(NC)c1. The number of ether oxygens (including phenoxy) is 1. The van der Waals surface area contributed by atoms with Crippen molar-refractivity contribution in [3.63, 3.8) is 0 Å². The van der Waals surface area contributed by atoms with E-state index < -0.39 is 0 Å². The summed E-state index contributed by atoms with van der Waals surface area (Å²) in [5.41, 5.74) is 3.15. The summed E-state index contributed by atoms with van der Waals surface area (Å²) >= 11 is 0. The molecule has 0 amide bonds. The molecule has 2 aromatic rings. The van der Waals surface area contributed by atoms with Crippen LogP contribution in [0, 0.1) is 0 Å². The summed E-state index contributed by atoms with van der Waals surface area (Å²) in [7, 11) is 1.85. The van der Waals surface area contributed by atoms with Crippen molar-refractivity contribution in [1.29, 1.82) is 0 Å². The standard InChI is InChI=1S/C16H17NO2/c1-3-16(18)19-13-9-10-14(15(11-13)17-2)12-7-5-4-6-8-12/h4-11,17H,3H2,1-2H3. The second-order valence-electron chi connectivity index (χ2n) is 4.15. The second kappa shape index (κ2) is 6.05. The molecular weight excluding hydrogens is 238 g/mol. The summed E-state index contributed by atoms with van der Waals surface area (Å²) in [5.74, 6) is 0.338. The van der Waals surface area contributed by atoms with Crippen LogP contribution in [0.25, 0.3) is 11.1 Å². The maximum absolute atomic E-state index is 11.3. The Morgan fingerprint density at radius 1 is 1.16 bits per heavy atom. The first-order chi connectivity index (χ1) is 9.24. The van der Waals surface area contributed by atoms with Gasteiger partial charge in [0.2, 0.25) is 0 Å². The predicted octanol–water partition coefficient (Wildman–Crippen LogP) is 3.71. The minimum atomic E-state index is -0.227. The van der Waals surface area contributed by atoms with Crippen molar-refractivity contribution in [2.45, 2.75) is 13.3 Å². The average Bonchev–Trinajstić information content (AvgIpc) is 2.47. The lowest BCUT2D eigenvalue weighted by Crippen LogP contribution is -2.05. The Labute approximate surface area is 113 Å². The summed E-state index contributed by atoms with van der Waals surface area (Å²) < 4.78 is 5.22. The number of anilines is 1. The van der Waals surface area contributed by atoms with Gasteiger partial charge in [-0.2, -0.15) is 0 Å². The van der Waals surface area contributed by atoms with Crippen molar-refractivity contribution in [2.75, 3.05) is 12.4 Å². The zero-order valence-electron chi connectivity index (χ0n) is 11.1. The van der Waals surface area contributed by atoms with Gasteiger partial charge in [0.25, 0.3) is 0 Å². The highest BCUT2D eigenvalue weighted by molar-refractivity contribution is 5.80. The van der Waals surface area contributed by atoms with Gasteiger partial charge < -0.3 is 10.1 Å². The van der Waals surface area contributed by atoms with E-state index in [2.05, 4.69) is 5.32 Å². The molecule has 3 heteroatoms. The van der Waals surface area contributed by atoms with Crippen molar-refractivity contribution >= 4 is 11.7 Å². The minimum absolute atomic E-state index is 0.227. The highest BCUT2D eigenvalue weighted by atomic mass is 16.5. The monoisotopic (exact) mass is 255 g/mol. The molecule has 3 nitrogen and oxygen atoms in total. The lowest BCUT2D eigenvalue weighted by molar-refractivity contribution is -0.134. The smallest absolute Gasteiger partial charge is 0.310 e. The third-order valence-corrected chi connectivity index (χ3v) is 2.87. The molecule has 0 aliphatic rings. The van der Waals surface area contributed by atoms with Crippen LogP contribution in [0.5, 0.6) is 5.75 Å². The van der Waals surface area contributed by atoms with Crippen LogP contribution in [-0.4, -0.2) is 13.0 Å². The molecule has 2 aromatic carbocycles. The molecule has 0 unspecified atom stereocenters. The van der Waals surface area contributed by atoms with Crippen molar-refractivity contribution in [3.8, 4) is 16.9 Å². The highest BCUT2D eigenvalue weighted by Gasteiger charge is 2.07. The molecule has 0 radical (unpaired) electrons. The quantitative estimate of drug-likeness (QED) is 0.668. The number of hydrogen-bond acceptors (Lipinski definition) is 3. The largest absolute Gasteiger partial charge is 0.426 e. The molecule has 0 bridgehead atoms. The molecule has 98 valence electrons. The third kappa shape index (κ3) is 3.13. The number of nitrogens with one attached hydrogen (secondary N) is 1. The van der Waals surface area contributed by atoms with Gasteiger partial charge in [0, 0.05) is 30.8 Å². The Morgan fingerprint density at radius 2 is 1.89 bits per heavy atom. The van der Waals surface area contributed by atoms with Gasteiger partial charge in [-0.15, -0.1) is 0 Å². The molecule has 0 fully saturated rings. The molecule has 0 aliphatic heterocycles. The lowest BCUT2D eigenvalue weighted by Gasteiger charge is -2.11. The number of carbonyl (C=O) groups is 1. The van der Waals surface area contributed by atoms with E-state index in [1.54, 1.807) is 6.92 Å². The summed E-state index contributed by atoms with van der Waals surface area (Å²) in [6.45, 7) is 1.78. The predicted molar refractivity (Wildman–Crippen MR) is 77.4 cm³/mol. The molecule has 0 atom stereocenters. The summed E-state index contributed by atoms with van der Waals surface area (Å²) in [6, 6.07) is 15.7. The van der Waals surface area contributed by atoms with Gasteiger partial charge in [0.15, 0.2) is 0 Å². The number of hydrogen-bond donors (Lipinski definition) is 1. The van der Waals surface area contributed by atoms with E-state index in [0.717, 1.165) is 16.8 Å². The van der Waals surface area contributed by atoms with E-state index in [4.69, 9.17) is 4.74 Å². The number of carbonyl (C=O) groups excluding carboxylic acids is 1. The first-order valence-corrected chi connectivity index (χ1v) is 6.32. The average molecular weight is 255 g/mol. The van der Waals surface area contributed by atoms with Gasteiger partial charge in [0.1, 0.15) is 5.75 Å². The second-order valence-corrected chi connectivity index (χ2v) is 4.15. The van der Waals surface area contributed by atoms with E-state index in [-0.39, 0.29) is 5.97 Å². The zero-order chi connectivity index (χ0) is 13.7. The molecule has 1 N–H and O–H groups in total. The van der Waals surface area contributed by atoms with E-state index in [1.807, 2.05) is 55.6 Å². The van der Waals surface area contributed by atoms with E-state index in [1.165, 1.54) is 0 Å². The molecule has 19 heavy (non-hydrogen) atoms. The van der Waals surface area contributed by atoms with Gasteiger partial charge >= 0.3 is 5.97 Å². The van der Waals surface area contributed by atoms with Gasteiger partial charge in [0.05, 0.1) is 0 Å². The highest BCUT2D eigenvalue weighted by Crippen LogP contribution is 2.31. The van der Waals surface area contributed by atoms with Crippen LogP contribution in [0.2, 0.25) is 0 Å². The van der Waals surface area contributed by atoms with Gasteiger partial charge in [-0.05, 0) is 17.7 Å². The van der Waals surface area contributed by atoms with Crippen LogP contribution in [0.1, 0.15) is 13.3 Å². The fourth-order valence-corrected chi connectivity index (χ4v) is 1.87. The maximum Gasteiger partial charge on any atom is 0.310 e. The van der Waals surface area contributed by atoms with Crippen molar-refractivity contribution in [1.82, 2.24) is 0 Å². The Bertz CT molecular complexity index is 564. The number of rotatable bonds is 4.